The summed E-state index contributed by atoms with van der Waals surface area (Å²) in [5, 5.41) is 2.70. The Balaban J connectivity index is 0.00000121. The van der Waals surface area contributed by atoms with Crippen LogP contribution in [0.25, 0.3) is 0 Å². The van der Waals surface area contributed by atoms with Crippen molar-refractivity contribution in [3.05, 3.63) is 36.4 Å². The monoisotopic (exact) mass is 236 g/mol. The summed E-state index contributed by atoms with van der Waals surface area (Å²) in [7, 11) is 3.50. The molecule has 2 nitrogen and oxygen atoms in total. The van der Waals surface area contributed by atoms with Crippen LogP contribution in [0.15, 0.2) is 18.2 Å². The van der Waals surface area contributed by atoms with Crippen molar-refractivity contribution in [2.45, 2.75) is 6.92 Å². The number of anilines is 1. The molecule has 0 aromatic heterocycles. The second-order valence-electron chi connectivity index (χ2n) is 2.28. The molecule has 0 bridgehead atoms. The smallest absolute Gasteiger partial charge is 0.0646 e. The summed E-state index contributed by atoms with van der Waals surface area (Å²) in [6.07, 6.45) is 1.83. The second kappa shape index (κ2) is 5.44. The van der Waals surface area contributed by atoms with Crippen LogP contribution in [0.3, 0.4) is 0 Å². The van der Waals surface area contributed by atoms with Gasteiger partial charge in [0.1, 0.15) is 0 Å². The molecule has 61 valence electrons. The first-order chi connectivity index (χ1) is 5.29. The van der Waals surface area contributed by atoms with Gasteiger partial charge < -0.3 is 10.1 Å². The van der Waals surface area contributed by atoms with Gasteiger partial charge in [-0.2, -0.15) is 6.07 Å². The first kappa shape index (κ1) is 11.8. The van der Waals surface area contributed by atoms with Gasteiger partial charge in [0.05, 0.1) is 6.29 Å². The summed E-state index contributed by atoms with van der Waals surface area (Å²) < 4.78 is 0. The van der Waals surface area contributed by atoms with Crippen molar-refractivity contribution in [1.29, 1.82) is 0 Å². The fourth-order valence-corrected chi connectivity index (χ4v) is 0.987. The summed E-state index contributed by atoms with van der Waals surface area (Å²) in [6, 6.07) is 5.43. The molecule has 1 rings (SSSR count). The standard InChI is InChI=1S/C9H9NO.Y/c1-7-4-3-5-8(6-11)9(7)10-2;/h3-5,10H,2H2,1H3;/q-2;. The van der Waals surface area contributed by atoms with Gasteiger partial charge in [-0.05, 0) is 6.92 Å². The molecule has 0 unspecified atom stereocenters. The van der Waals surface area contributed by atoms with E-state index in [4.69, 9.17) is 0 Å². The van der Waals surface area contributed by atoms with Crippen LogP contribution < -0.4 is 5.32 Å². The molecular weight excluding hydrogens is 227 g/mol. The second-order valence-corrected chi connectivity index (χ2v) is 2.28. The average Bonchev–Trinajstić information content (AvgIpc) is 2.04. The number of benzene rings is 1. The Kier molecular flexibility index (Phi) is 5.35. The zero-order valence-electron chi connectivity index (χ0n) is 6.92. The van der Waals surface area contributed by atoms with Crippen LogP contribution in [0.2, 0.25) is 0 Å². The van der Waals surface area contributed by atoms with Crippen LogP contribution in [-0.4, -0.2) is 6.29 Å². The van der Waals surface area contributed by atoms with Crippen molar-refractivity contribution >= 4 is 12.0 Å². The van der Waals surface area contributed by atoms with E-state index in [0.29, 0.717) is 5.56 Å². The van der Waals surface area contributed by atoms with Gasteiger partial charge >= 0.3 is 0 Å². The van der Waals surface area contributed by atoms with E-state index in [-0.39, 0.29) is 32.7 Å². The Morgan fingerprint density at radius 1 is 1.50 bits per heavy atom. The first-order valence-corrected chi connectivity index (χ1v) is 3.30. The molecule has 0 aliphatic heterocycles. The van der Waals surface area contributed by atoms with E-state index in [9.17, 15) is 4.79 Å². The maximum atomic E-state index is 10.3. The Hall–Kier alpha value is -0.206. The molecule has 12 heavy (non-hydrogen) atoms. The molecule has 1 radical (unpaired) electrons. The average molecular weight is 236 g/mol. The van der Waals surface area contributed by atoms with E-state index < -0.39 is 0 Å². The largest absolute Gasteiger partial charge is 0.590 e. The van der Waals surface area contributed by atoms with Crippen molar-refractivity contribution in [3.8, 4) is 0 Å². The summed E-state index contributed by atoms with van der Waals surface area (Å²) >= 11 is 0. The molecule has 1 N–H and O–H groups in total. The van der Waals surface area contributed by atoms with Gasteiger partial charge in [0.2, 0.25) is 0 Å². The topological polar surface area (TPSA) is 29.1 Å². The maximum absolute atomic E-state index is 10.3. The fourth-order valence-electron chi connectivity index (χ4n) is 0.987. The Morgan fingerprint density at radius 2 is 2.17 bits per heavy atom. The molecule has 0 saturated carbocycles. The summed E-state index contributed by atoms with van der Waals surface area (Å²) in [6.45, 7) is 1.91. The summed E-state index contributed by atoms with van der Waals surface area (Å²) in [5.74, 6) is 0. The van der Waals surface area contributed by atoms with E-state index in [1.807, 2.05) is 25.3 Å². The van der Waals surface area contributed by atoms with Crippen LogP contribution >= 0.6 is 0 Å². The minimum Gasteiger partial charge on any atom is -0.590 e. The van der Waals surface area contributed by atoms with Crippen molar-refractivity contribution in [2.24, 2.45) is 0 Å². The van der Waals surface area contributed by atoms with E-state index in [0.717, 1.165) is 11.3 Å². The van der Waals surface area contributed by atoms with Gasteiger partial charge in [-0.25, -0.2) is 0 Å². The van der Waals surface area contributed by atoms with E-state index in [1.54, 1.807) is 6.07 Å². The molecule has 0 aliphatic rings. The zero-order valence-corrected chi connectivity index (χ0v) is 9.76. The third-order valence-corrected chi connectivity index (χ3v) is 1.56. The van der Waals surface area contributed by atoms with Crippen LogP contribution in [0.4, 0.5) is 5.69 Å². The number of rotatable bonds is 2. The predicted molar refractivity (Wildman–Crippen MR) is 45.0 cm³/mol. The molecule has 0 atom stereocenters. The van der Waals surface area contributed by atoms with Crippen LogP contribution in [0, 0.1) is 14.0 Å². The number of carbonyl (C=O) groups excluding carboxylic acids is 1. The molecule has 0 amide bonds. The van der Waals surface area contributed by atoms with Crippen LogP contribution in [0.1, 0.15) is 11.1 Å². The minimum absolute atomic E-state index is 0. The Morgan fingerprint density at radius 3 is 2.58 bits per heavy atom. The third kappa shape index (κ3) is 2.39. The van der Waals surface area contributed by atoms with Crippen LogP contribution in [-0.2, 0) is 37.5 Å². The number of para-hydroxylation sites is 1. The van der Waals surface area contributed by atoms with Crippen LogP contribution in [0.5, 0.6) is 0 Å². The molecule has 0 spiro atoms. The van der Waals surface area contributed by atoms with E-state index in [1.165, 1.54) is 0 Å². The van der Waals surface area contributed by atoms with Crippen molar-refractivity contribution in [1.82, 2.24) is 0 Å². The summed E-state index contributed by atoms with van der Waals surface area (Å²) in [5.41, 5.74) is 2.28. The number of nitrogens with one attached hydrogen (secondary N) is 1. The molecule has 0 heterocycles. The number of hydrogen-bond acceptors (Lipinski definition) is 2. The molecule has 0 saturated heterocycles. The quantitative estimate of drug-likeness (QED) is 0.791. The van der Waals surface area contributed by atoms with Gasteiger partial charge in [0, 0.05) is 32.7 Å². The maximum Gasteiger partial charge on any atom is 0.0646 e. The number of hydrogen-bond donors (Lipinski definition) is 1. The van der Waals surface area contributed by atoms with Crippen molar-refractivity contribution in [3.63, 3.8) is 0 Å². The molecule has 0 fully saturated rings. The fraction of sp³-hybridized carbons (Fsp3) is 0.111. The molecule has 0 aliphatic carbocycles. The SMILES string of the molecule is [CH2-]Nc1c(C)cccc1[C-]=O.[Y]. The van der Waals surface area contributed by atoms with E-state index in [2.05, 4.69) is 12.4 Å². The predicted octanol–water partition coefficient (Wildman–Crippen LogP) is 1.65. The Labute approximate surface area is 97.6 Å². The normalized spacial score (nSPS) is 8.50. The molecule has 3 heteroatoms. The van der Waals surface area contributed by atoms with Crippen molar-refractivity contribution in [2.75, 3.05) is 5.32 Å². The molecular formula is C9H9NOY-2. The van der Waals surface area contributed by atoms with Gasteiger partial charge in [-0.3, -0.25) is 7.05 Å². The van der Waals surface area contributed by atoms with Crippen molar-refractivity contribution < 1.29 is 37.5 Å². The number of aryl methyl sites for hydroxylation is 1. The summed E-state index contributed by atoms with van der Waals surface area (Å²) in [4.78, 5) is 10.3. The van der Waals surface area contributed by atoms with Gasteiger partial charge in [0.25, 0.3) is 0 Å². The zero-order chi connectivity index (χ0) is 8.27. The van der Waals surface area contributed by atoms with Gasteiger partial charge in [-0.15, -0.1) is 11.6 Å². The van der Waals surface area contributed by atoms with Gasteiger partial charge in [-0.1, -0.05) is 17.3 Å². The van der Waals surface area contributed by atoms with E-state index >= 15 is 0 Å². The Bertz CT molecular complexity index is 273. The third-order valence-electron chi connectivity index (χ3n) is 1.56. The molecule has 1 aromatic carbocycles. The minimum atomic E-state index is 0. The molecule has 1 aromatic rings. The first-order valence-electron chi connectivity index (χ1n) is 3.30. The van der Waals surface area contributed by atoms with Gasteiger partial charge in [0.15, 0.2) is 0 Å².